The van der Waals surface area contributed by atoms with E-state index >= 15 is 0 Å². The number of ketones is 1. The van der Waals surface area contributed by atoms with Crippen LogP contribution in [0.2, 0.25) is 5.02 Å². The molecule has 1 saturated heterocycles. The lowest BCUT2D eigenvalue weighted by Gasteiger charge is -2.24. The summed E-state index contributed by atoms with van der Waals surface area (Å²) in [4.78, 5) is 31.2. The SMILES string of the molecule is COc1ccc(/C(O)=C2\C(=O)C(=O)N(c3ccccn3)[C@H]2c2cccc(F)c2)cc1Cl. The maximum absolute atomic E-state index is 14.0. The molecule has 0 radical (unpaired) electrons. The Morgan fingerprint density at radius 2 is 1.94 bits per heavy atom. The van der Waals surface area contributed by atoms with Crippen molar-refractivity contribution in [2.75, 3.05) is 12.0 Å². The van der Waals surface area contributed by atoms with Gasteiger partial charge in [0, 0.05) is 11.8 Å². The van der Waals surface area contributed by atoms with Gasteiger partial charge in [-0.25, -0.2) is 9.37 Å². The number of halogens is 2. The first kappa shape index (κ1) is 20.6. The summed E-state index contributed by atoms with van der Waals surface area (Å²) in [5.41, 5.74) is 0.333. The van der Waals surface area contributed by atoms with Crippen LogP contribution in [0.15, 0.2) is 72.4 Å². The van der Waals surface area contributed by atoms with Gasteiger partial charge >= 0.3 is 5.91 Å². The molecule has 0 aliphatic carbocycles. The van der Waals surface area contributed by atoms with Crippen LogP contribution in [0, 0.1) is 5.82 Å². The number of carbonyl (C=O) groups is 2. The van der Waals surface area contributed by atoms with Gasteiger partial charge in [-0.1, -0.05) is 29.8 Å². The summed E-state index contributed by atoms with van der Waals surface area (Å²) in [5.74, 6) is -2.19. The molecule has 2 heterocycles. The first-order valence-electron chi connectivity index (χ1n) is 9.23. The van der Waals surface area contributed by atoms with Crippen LogP contribution in [0.3, 0.4) is 0 Å². The molecule has 0 saturated carbocycles. The summed E-state index contributed by atoms with van der Waals surface area (Å²) in [7, 11) is 1.45. The number of aliphatic hydroxyl groups is 1. The average molecular weight is 439 g/mol. The Balaban J connectivity index is 1.94. The fraction of sp³-hybridized carbons (Fsp3) is 0.0870. The molecule has 2 aromatic carbocycles. The van der Waals surface area contributed by atoms with E-state index in [0.717, 1.165) is 4.90 Å². The number of hydrogen-bond donors (Lipinski definition) is 1. The number of hydrogen-bond acceptors (Lipinski definition) is 5. The van der Waals surface area contributed by atoms with Crippen LogP contribution in [0.5, 0.6) is 5.75 Å². The van der Waals surface area contributed by atoms with Crippen LogP contribution in [0.1, 0.15) is 17.2 Å². The predicted octanol–water partition coefficient (Wildman–Crippen LogP) is 4.51. The minimum absolute atomic E-state index is 0.192. The second-order valence-electron chi connectivity index (χ2n) is 6.76. The number of amides is 1. The highest BCUT2D eigenvalue weighted by atomic mass is 35.5. The molecule has 1 aromatic heterocycles. The van der Waals surface area contributed by atoms with Crippen molar-refractivity contribution in [3.8, 4) is 5.75 Å². The molecule has 1 aliphatic heterocycles. The number of anilines is 1. The Labute approximate surface area is 182 Å². The van der Waals surface area contributed by atoms with E-state index in [-0.39, 0.29) is 22.0 Å². The lowest BCUT2D eigenvalue weighted by Crippen LogP contribution is -2.30. The Kier molecular flexibility index (Phi) is 5.44. The van der Waals surface area contributed by atoms with Gasteiger partial charge in [0.05, 0.1) is 23.7 Å². The number of benzene rings is 2. The Morgan fingerprint density at radius 3 is 2.58 bits per heavy atom. The zero-order valence-electron chi connectivity index (χ0n) is 16.3. The van der Waals surface area contributed by atoms with Crippen LogP contribution < -0.4 is 9.64 Å². The van der Waals surface area contributed by atoms with E-state index in [1.54, 1.807) is 24.3 Å². The molecule has 0 unspecified atom stereocenters. The number of rotatable bonds is 4. The third kappa shape index (κ3) is 3.64. The summed E-state index contributed by atoms with van der Waals surface area (Å²) >= 11 is 6.16. The maximum Gasteiger partial charge on any atom is 0.301 e. The van der Waals surface area contributed by atoms with E-state index in [9.17, 15) is 19.1 Å². The van der Waals surface area contributed by atoms with Crippen molar-refractivity contribution < 1.29 is 23.8 Å². The quantitative estimate of drug-likeness (QED) is 0.368. The Bertz CT molecular complexity index is 1210. The molecule has 1 amide bonds. The molecular formula is C23H16ClFN2O4. The molecule has 1 aliphatic rings. The van der Waals surface area contributed by atoms with Gasteiger partial charge in [0.15, 0.2) is 0 Å². The van der Waals surface area contributed by atoms with Gasteiger partial charge in [0.2, 0.25) is 0 Å². The number of carbonyl (C=O) groups excluding carboxylic acids is 2. The second-order valence-corrected chi connectivity index (χ2v) is 7.17. The van der Waals surface area contributed by atoms with Gasteiger partial charge in [0.1, 0.15) is 23.1 Å². The second kappa shape index (κ2) is 8.20. The molecule has 0 bridgehead atoms. The van der Waals surface area contributed by atoms with E-state index < -0.39 is 29.3 Å². The summed E-state index contributed by atoms with van der Waals surface area (Å²) in [6.45, 7) is 0. The molecule has 156 valence electrons. The molecule has 6 nitrogen and oxygen atoms in total. The van der Waals surface area contributed by atoms with Crippen molar-refractivity contribution in [2.45, 2.75) is 6.04 Å². The Morgan fingerprint density at radius 1 is 1.13 bits per heavy atom. The van der Waals surface area contributed by atoms with Crippen molar-refractivity contribution in [3.05, 3.63) is 94.4 Å². The van der Waals surface area contributed by atoms with Crippen LogP contribution in [-0.4, -0.2) is 28.9 Å². The van der Waals surface area contributed by atoms with Gasteiger partial charge < -0.3 is 9.84 Å². The van der Waals surface area contributed by atoms with Crippen LogP contribution >= 0.6 is 11.6 Å². The molecule has 8 heteroatoms. The fourth-order valence-electron chi connectivity index (χ4n) is 3.53. The van der Waals surface area contributed by atoms with Crippen molar-refractivity contribution in [3.63, 3.8) is 0 Å². The molecule has 1 atom stereocenters. The molecule has 31 heavy (non-hydrogen) atoms. The molecule has 1 fully saturated rings. The molecule has 3 aromatic rings. The third-order valence-electron chi connectivity index (χ3n) is 4.93. The lowest BCUT2D eigenvalue weighted by atomic mass is 9.95. The largest absolute Gasteiger partial charge is 0.507 e. The van der Waals surface area contributed by atoms with Gasteiger partial charge in [-0.3, -0.25) is 14.5 Å². The average Bonchev–Trinajstić information content (AvgIpc) is 3.04. The topological polar surface area (TPSA) is 79.7 Å². The highest BCUT2D eigenvalue weighted by Crippen LogP contribution is 2.42. The number of aliphatic hydroxyl groups excluding tert-OH is 1. The molecule has 0 spiro atoms. The fourth-order valence-corrected chi connectivity index (χ4v) is 3.78. The summed E-state index contributed by atoms with van der Waals surface area (Å²) < 4.78 is 19.1. The number of methoxy groups -OCH3 is 1. The number of aromatic nitrogens is 1. The van der Waals surface area contributed by atoms with Crippen molar-refractivity contribution in [2.24, 2.45) is 0 Å². The normalized spacial score (nSPS) is 17.8. The van der Waals surface area contributed by atoms with E-state index in [0.29, 0.717) is 11.3 Å². The van der Waals surface area contributed by atoms with Crippen LogP contribution in [0.25, 0.3) is 5.76 Å². The minimum Gasteiger partial charge on any atom is -0.507 e. The summed E-state index contributed by atoms with van der Waals surface area (Å²) in [6.07, 6.45) is 1.47. The number of ether oxygens (including phenoxy) is 1. The zero-order valence-corrected chi connectivity index (χ0v) is 17.0. The van der Waals surface area contributed by atoms with E-state index in [2.05, 4.69) is 4.98 Å². The number of nitrogens with zero attached hydrogens (tertiary/aromatic N) is 2. The van der Waals surface area contributed by atoms with E-state index in [4.69, 9.17) is 16.3 Å². The van der Waals surface area contributed by atoms with Gasteiger partial charge in [0.25, 0.3) is 5.78 Å². The molecule has 4 rings (SSSR count). The van der Waals surface area contributed by atoms with Gasteiger partial charge in [-0.05, 0) is 48.0 Å². The molecule has 1 N–H and O–H groups in total. The monoisotopic (exact) mass is 438 g/mol. The van der Waals surface area contributed by atoms with Gasteiger partial charge in [-0.15, -0.1) is 0 Å². The predicted molar refractivity (Wildman–Crippen MR) is 113 cm³/mol. The van der Waals surface area contributed by atoms with Crippen molar-refractivity contribution in [1.82, 2.24) is 4.98 Å². The van der Waals surface area contributed by atoms with Crippen LogP contribution in [-0.2, 0) is 9.59 Å². The first-order valence-corrected chi connectivity index (χ1v) is 9.61. The third-order valence-corrected chi connectivity index (χ3v) is 5.23. The lowest BCUT2D eigenvalue weighted by molar-refractivity contribution is -0.132. The standard InChI is InChI=1S/C23H16ClFN2O4/c1-31-17-9-8-14(12-16(17)24)21(28)19-20(13-5-4-6-15(25)11-13)27(23(30)22(19)29)18-7-2-3-10-26-18/h2-12,20,28H,1H3/b21-19+/t20-/m0/s1. The minimum atomic E-state index is -1.08. The first-order chi connectivity index (χ1) is 14.9. The van der Waals surface area contributed by atoms with E-state index in [1.807, 2.05) is 0 Å². The summed E-state index contributed by atoms with van der Waals surface area (Å²) in [5, 5.41) is 11.2. The summed E-state index contributed by atoms with van der Waals surface area (Å²) in [6, 6.07) is 13.8. The van der Waals surface area contributed by atoms with Crippen LogP contribution in [0.4, 0.5) is 10.2 Å². The smallest absolute Gasteiger partial charge is 0.301 e. The highest BCUT2D eigenvalue weighted by Gasteiger charge is 2.47. The number of pyridine rings is 1. The number of Topliss-reactive ketones (excluding diaryl/α,β-unsaturated/α-hetero) is 1. The van der Waals surface area contributed by atoms with Crippen molar-refractivity contribution >= 4 is 34.9 Å². The van der Waals surface area contributed by atoms with E-state index in [1.165, 1.54) is 49.7 Å². The highest BCUT2D eigenvalue weighted by molar-refractivity contribution is 6.51. The Hall–Kier alpha value is -3.71. The zero-order chi connectivity index (χ0) is 22.1. The molecular weight excluding hydrogens is 423 g/mol. The maximum atomic E-state index is 14.0. The van der Waals surface area contributed by atoms with Crippen molar-refractivity contribution in [1.29, 1.82) is 0 Å². The van der Waals surface area contributed by atoms with Gasteiger partial charge in [-0.2, -0.15) is 0 Å².